The van der Waals surface area contributed by atoms with Gasteiger partial charge in [-0.1, -0.05) is 12.1 Å². The summed E-state index contributed by atoms with van der Waals surface area (Å²) in [6.45, 7) is 11.3. The largest absolute Gasteiger partial charge is 0.494 e. The third-order valence-electron chi connectivity index (χ3n) is 4.86. The van der Waals surface area contributed by atoms with Gasteiger partial charge < -0.3 is 19.7 Å². The van der Waals surface area contributed by atoms with E-state index in [0.29, 0.717) is 13.2 Å². The third-order valence-corrected chi connectivity index (χ3v) is 4.86. The number of ether oxygens (including phenoxy) is 2. The zero-order valence-corrected chi connectivity index (χ0v) is 16.9. The maximum absolute atomic E-state index is 5.62. The zero-order chi connectivity index (χ0) is 18.8. The molecule has 0 spiro atoms. The van der Waals surface area contributed by atoms with Gasteiger partial charge in [0.05, 0.1) is 13.2 Å². The Hall–Kier alpha value is -1.75. The molecular formula is C21H35N3O2. The summed E-state index contributed by atoms with van der Waals surface area (Å²) in [6.07, 6.45) is 3.58. The van der Waals surface area contributed by atoms with Crippen LogP contribution in [0.1, 0.15) is 44.2 Å². The summed E-state index contributed by atoms with van der Waals surface area (Å²) in [5.74, 6) is 2.72. The van der Waals surface area contributed by atoms with Crippen LogP contribution in [0.2, 0.25) is 0 Å². The zero-order valence-electron chi connectivity index (χ0n) is 16.9. The van der Waals surface area contributed by atoms with Crippen LogP contribution in [-0.2, 0) is 11.3 Å². The van der Waals surface area contributed by atoms with Crippen molar-refractivity contribution < 1.29 is 9.47 Å². The minimum Gasteiger partial charge on any atom is -0.494 e. The van der Waals surface area contributed by atoms with E-state index in [0.717, 1.165) is 49.5 Å². The molecule has 26 heavy (non-hydrogen) atoms. The molecule has 2 rings (SSSR count). The van der Waals surface area contributed by atoms with Crippen LogP contribution in [0.3, 0.4) is 0 Å². The molecule has 0 aromatic heterocycles. The van der Waals surface area contributed by atoms with Crippen molar-refractivity contribution in [1.29, 1.82) is 0 Å². The molecule has 1 fully saturated rings. The van der Waals surface area contributed by atoms with Crippen molar-refractivity contribution in [2.45, 2.75) is 46.6 Å². The molecule has 1 aromatic rings. The van der Waals surface area contributed by atoms with Crippen LogP contribution in [0.5, 0.6) is 5.75 Å². The number of rotatable bonds is 8. The van der Waals surface area contributed by atoms with Crippen LogP contribution >= 0.6 is 0 Å². The van der Waals surface area contributed by atoms with Crippen molar-refractivity contribution in [3.05, 3.63) is 29.3 Å². The first-order valence-electron chi connectivity index (χ1n) is 9.93. The predicted octanol–water partition coefficient (Wildman–Crippen LogP) is 3.61. The second-order valence-electron chi connectivity index (χ2n) is 6.97. The first-order valence-corrected chi connectivity index (χ1v) is 9.93. The van der Waals surface area contributed by atoms with Gasteiger partial charge in [0.15, 0.2) is 5.96 Å². The number of aryl methyl sites for hydroxylation is 1. The van der Waals surface area contributed by atoms with Gasteiger partial charge in [0.1, 0.15) is 5.75 Å². The third kappa shape index (κ3) is 6.52. The molecule has 0 amide bonds. The second kappa shape index (κ2) is 11.1. The molecule has 0 bridgehead atoms. The van der Waals surface area contributed by atoms with Gasteiger partial charge in [-0.05, 0) is 63.1 Å². The summed E-state index contributed by atoms with van der Waals surface area (Å²) in [5, 5.41) is 3.41. The molecule has 1 aliphatic rings. The topological polar surface area (TPSA) is 46.1 Å². The van der Waals surface area contributed by atoms with E-state index < -0.39 is 0 Å². The van der Waals surface area contributed by atoms with E-state index in [1.54, 1.807) is 0 Å². The van der Waals surface area contributed by atoms with E-state index in [4.69, 9.17) is 14.5 Å². The van der Waals surface area contributed by atoms with Gasteiger partial charge in [-0.2, -0.15) is 0 Å². The lowest BCUT2D eigenvalue weighted by molar-refractivity contribution is 0.0625. The molecule has 5 heteroatoms. The molecule has 0 unspecified atom stereocenters. The molecule has 146 valence electrons. The molecule has 0 radical (unpaired) electrons. The second-order valence-corrected chi connectivity index (χ2v) is 6.97. The molecule has 1 heterocycles. The first kappa shape index (κ1) is 20.6. The standard InChI is InChI=1S/C21H35N3O2/c1-5-22-21(24(4)12-9-18-10-13-25-14-11-18)23-16-19-7-8-20(26-6-2)17(3)15-19/h7-8,15,18H,5-6,9-14,16H2,1-4H3,(H,22,23). The number of nitrogens with one attached hydrogen (secondary N) is 1. The Kier molecular flexibility index (Phi) is 8.75. The number of aliphatic imine (C=N–C) groups is 1. The fourth-order valence-corrected chi connectivity index (χ4v) is 3.28. The van der Waals surface area contributed by atoms with Crippen LogP contribution < -0.4 is 10.1 Å². The number of nitrogens with zero attached hydrogens (tertiary/aromatic N) is 2. The van der Waals surface area contributed by atoms with Gasteiger partial charge in [-0.25, -0.2) is 4.99 Å². The Morgan fingerprint density at radius 2 is 2.08 bits per heavy atom. The highest BCUT2D eigenvalue weighted by Gasteiger charge is 2.15. The summed E-state index contributed by atoms with van der Waals surface area (Å²) >= 11 is 0. The van der Waals surface area contributed by atoms with E-state index >= 15 is 0 Å². The Balaban J connectivity index is 1.93. The van der Waals surface area contributed by atoms with Gasteiger partial charge in [0.25, 0.3) is 0 Å². The molecule has 1 N–H and O–H groups in total. The van der Waals surface area contributed by atoms with Crippen LogP contribution in [0.4, 0.5) is 0 Å². The number of hydrogen-bond acceptors (Lipinski definition) is 3. The molecule has 1 saturated heterocycles. The highest BCUT2D eigenvalue weighted by atomic mass is 16.5. The van der Waals surface area contributed by atoms with Crippen molar-refractivity contribution in [3.63, 3.8) is 0 Å². The van der Waals surface area contributed by atoms with E-state index in [1.165, 1.54) is 24.8 Å². The predicted molar refractivity (Wildman–Crippen MR) is 108 cm³/mol. The van der Waals surface area contributed by atoms with Crippen LogP contribution in [-0.4, -0.2) is 50.8 Å². The summed E-state index contributed by atoms with van der Waals surface area (Å²) < 4.78 is 11.1. The normalized spacial score (nSPS) is 15.8. The Labute approximate surface area is 158 Å². The summed E-state index contributed by atoms with van der Waals surface area (Å²) in [5.41, 5.74) is 2.37. The highest BCUT2D eigenvalue weighted by molar-refractivity contribution is 5.79. The average molecular weight is 362 g/mol. The molecule has 1 aliphatic heterocycles. The lowest BCUT2D eigenvalue weighted by Gasteiger charge is -2.26. The summed E-state index contributed by atoms with van der Waals surface area (Å²) in [6, 6.07) is 6.32. The minimum atomic E-state index is 0.678. The Morgan fingerprint density at radius 1 is 1.31 bits per heavy atom. The number of benzene rings is 1. The summed E-state index contributed by atoms with van der Waals surface area (Å²) in [4.78, 5) is 7.08. The smallest absolute Gasteiger partial charge is 0.193 e. The molecule has 5 nitrogen and oxygen atoms in total. The SMILES string of the molecule is CCNC(=NCc1ccc(OCC)c(C)c1)N(C)CCC1CCOCC1. The molecule has 1 aromatic carbocycles. The van der Waals surface area contributed by atoms with Crippen molar-refractivity contribution in [3.8, 4) is 5.75 Å². The molecule has 0 saturated carbocycles. The monoisotopic (exact) mass is 361 g/mol. The summed E-state index contributed by atoms with van der Waals surface area (Å²) in [7, 11) is 2.13. The van der Waals surface area contributed by atoms with Crippen LogP contribution in [0.25, 0.3) is 0 Å². The van der Waals surface area contributed by atoms with E-state index in [9.17, 15) is 0 Å². The van der Waals surface area contributed by atoms with Crippen molar-refractivity contribution in [2.24, 2.45) is 10.9 Å². The molecule has 0 aliphatic carbocycles. The van der Waals surface area contributed by atoms with E-state index in [1.807, 2.05) is 13.0 Å². The Bertz CT molecular complexity index is 568. The number of guanidine groups is 1. The van der Waals surface area contributed by atoms with Gasteiger partial charge in [0.2, 0.25) is 0 Å². The maximum Gasteiger partial charge on any atom is 0.193 e. The maximum atomic E-state index is 5.62. The molecule has 0 atom stereocenters. The van der Waals surface area contributed by atoms with Gasteiger partial charge in [-0.3, -0.25) is 0 Å². The molecular weight excluding hydrogens is 326 g/mol. The lowest BCUT2D eigenvalue weighted by Crippen LogP contribution is -2.40. The minimum absolute atomic E-state index is 0.678. The van der Waals surface area contributed by atoms with E-state index in [2.05, 4.69) is 43.2 Å². The first-order chi connectivity index (χ1) is 12.6. The van der Waals surface area contributed by atoms with Crippen LogP contribution in [0.15, 0.2) is 23.2 Å². The van der Waals surface area contributed by atoms with Crippen molar-refractivity contribution in [2.75, 3.05) is 40.0 Å². The quantitative estimate of drug-likeness (QED) is 0.568. The van der Waals surface area contributed by atoms with Crippen molar-refractivity contribution in [1.82, 2.24) is 10.2 Å². The fraction of sp³-hybridized carbons (Fsp3) is 0.667. The average Bonchev–Trinajstić information content (AvgIpc) is 2.66. The van der Waals surface area contributed by atoms with Crippen LogP contribution in [0, 0.1) is 12.8 Å². The lowest BCUT2D eigenvalue weighted by atomic mass is 9.96. The van der Waals surface area contributed by atoms with Gasteiger partial charge in [0, 0.05) is 33.4 Å². The Morgan fingerprint density at radius 3 is 2.73 bits per heavy atom. The van der Waals surface area contributed by atoms with Crippen molar-refractivity contribution >= 4 is 5.96 Å². The van der Waals surface area contributed by atoms with E-state index in [-0.39, 0.29) is 0 Å². The van der Waals surface area contributed by atoms with Gasteiger partial charge >= 0.3 is 0 Å². The van der Waals surface area contributed by atoms with Gasteiger partial charge in [-0.15, -0.1) is 0 Å². The number of hydrogen-bond donors (Lipinski definition) is 1. The highest BCUT2D eigenvalue weighted by Crippen LogP contribution is 2.20. The fourth-order valence-electron chi connectivity index (χ4n) is 3.28.